The lowest BCUT2D eigenvalue weighted by Crippen LogP contribution is -2.10. The molecule has 2 heteroatoms. The van der Waals surface area contributed by atoms with Crippen LogP contribution in [-0.4, -0.2) is 13.2 Å². The van der Waals surface area contributed by atoms with E-state index in [1.54, 1.807) is 0 Å². The molecular formula is C24H35NO. The largest absolute Gasteiger partial charge is 0.494 e. The van der Waals surface area contributed by atoms with Gasteiger partial charge < -0.3 is 10.1 Å². The second-order valence-corrected chi connectivity index (χ2v) is 8.18. The molecule has 0 bridgehead atoms. The van der Waals surface area contributed by atoms with Crippen molar-refractivity contribution in [2.24, 2.45) is 11.8 Å². The third kappa shape index (κ3) is 7.11. The van der Waals surface area contributed by atoms with Crippen molar-refractivity contribution in [1.82, 2.24) is 0 Å². The fourth-order valence-corrected chi connectivity index (χ4v) is 2.92. The van der Waals surface area contributed by atoms with Crippen LogP contribution in [0.1, 0.15) is 58.1 Å². The highest BCUT2D eigenvalue weighted by atomic mass is 16.5. The highest BCUT2D eigenvalue weighted by Gasteiger charge is 2.06. The zero-order valence-corrected chi connectivity index (χ0v) is 17.1. The van der Waals surface area contributed by atoms with Crippen LogP contribution < -0.4 is 10.1 Å². The van der Waals surface area contributed by atoms with Crippen LogP contribution in [0, 0.1) is 11.8 Å². The van der Waals surface area contributed by atoms with Crippen LogP contribution in [0.2, 0.25) is 0 Å². The Balaban J connectivity index is 1.80. The molecule has 2 aromatic carbocycles. The van der Waals surface area contributed by atoms with Gasteiger partial charge in [0, 0.05) is 12.2 Å². The van der Waals surface area contributed by atoms with Gasteiger partial charge >= 0.3 is 0 Å². The van der Waals surface area contributed by atoms with Gasteiger partial charge in [-0.1, -0.05) is 58.9 Å². The summed E-state index contributed by atoms with van der Waals surface area (Å²) >= 11 is 0. The van der Waals surface area contributed by atoms with Gasteiger partial charge in [0.25, 0.3) is 0 Å². The fourth-order valence-electron chi connectivity index (χ4n) is 2.92. The Morgan fingerprint density at radius 1 is 0.808 bits per heavy atom. The monoisotopic (exact) mass is 353 g/mol. The van der Waals surface area contributed by atoms with E-state index < -0.39 is 0 Å². The molecule has 2 nitrogen and oxygen atoms in total. The molecule has 0 spiro atoms. The van der Waals surface area contributed by atoms with Gasteiger partial charge in [-0.05, 0) is 66.0 Å². The molecule has 26 heavy (non-hydrogen) atoms. The number of hydrogen-bond donors (Lipinski definition) is 1. The minimum Gasteiger partial charge on any atom is -0.494 e. The van der Waals surface area contributed by atoms with Crippen molar-refractivity contribution in [1.29, 1.82) is 0 Å². The first kappa shape index (κ1) is 20.4. The van der Waals surface area contributed by atoms with E-state index in [0.29, 0.717) is 17.8 Å². The van der Waals surface area contributed by atoms with Gasteiger partial charge in [-0.2, -0.15) is 0 Å². The van der Waals surface area contributed by atoms with E-state index in [-0.39, 0.29) is 0 Å². The maximum atomic E-state index is 5.78. The summed E-state index contributed by atoms with van der Waals surface area (Å²) in [7, 11) is 0. The number of nitrogens with one attached hydrogen (secondary N) is 1. The van der Waals surface area contributed by atoms with E-state index >= 15 is 0 Å². The zero-order valence-electron chi connectivity index (χ0n) is 17.1. The van der Waals surface area contributed by atoms with Crippen LogP contribution >= 0.6 is 0 Å². The molecule has 0 saturated heterocycles. The molecule has 2 aromatic rings. The summed E-state index contributed by atoms with van der Waals surface area (Å²) in [6, 6.07) is 17.4. The normalized spacial score (nSPS) is 12.4. The van der Waals surface area contributed by atoms with E-state index in [1.165, 1.54) is 11.1 Å². The molecule has 0 aliphatic carbocycles. The van der Waals surface area contributed by atoms with Gasteiger partial charge in [-0.15, -0.1) is 0 Å². The van der Waals surface area contributed by atoms with Gasteiger partial charge in [-0.25, -0.2) is 0 Å². The Morgan fingerprint density at radius 2 is 1.46 bits per heavy atom. The van der Waals surface area contributed by atoms with Gasteiger partial charge in [-0.3, -0.25) is 0 Å². The lowest BCUT2D eigenvalue weighted by Gasteiger charge is -2.15. The van der Waals surface area contributed by atoms with E-state index in [0.717, 1.165) is 37.4 Å². The highest BCUT2D eigenvalue weighted by molar-refractivity contribution is 5.46. The quantitative estimate of drug-likeness (QED) is 0.524. The zero-order chi connectivity index (χ0) is 18.9. The molecule has 1 atom stereocenters. The highest BCUT2D eigenvalue weighted by Crippen LogP contribution is 2.20. The standard InChI is InChI=1S/C24H35NO/c1-18(2)14-15-26-24-12-10-23(11-13-24)25-17-20(5)22-8-6-21(7-9-22)16-19(3)4/h6-13,18-20,25H,14-17H2,1-5H3. The Bertz CT molecular complexity index is 628. The van der Waals surface area contributed by atoms with Crippen LogP contribution in [0.4, 0.5) is 5.69 Å². The fraction of sp³-hybridized carbons (Fsp3) is 0.500. The van der Waals surface area contributed by atoms with Crippen LogP contribution in [-0.2, 0) is 6.42 Å². The maximum Gasteiger partial charge on any atom is 0.119 e. The van der Waals surface area contributed by atoms with Gasteiger partial charge in [0.2, 0.25) is 0 Å². The molecule has 0 saturated carbocycles. The molecule has 0 aliphatic rings. The van der Waals surface area contributed by atoms with Crippen LogP contribution in [0.25, 0.3) is 0 Å². The summed E-state index contributed by atoms with van der Waals surface area (Å²) < 4.78 is 5.78. The number of ether oxygens (including phenoxy) is 1. The average Bonchev–Trinajstić information content (AvgIpc) is 2.60. The van der Waals surface area contributed by atoms with Crippen molar-refractivity contribution in [3.8, 4) is 5.75 Å². The summed E-state index contributed by atoms with van der Waals surface area (Å²) in [5.74, 6) is 2.81. The second kappa shape index (κ2) is 10.3. The molecule has 0 radical (unpaired) electrons. The summed E-state index contributed by atoms with van der Waals surface area (Å²) in [6.07, 6.45) is 2.24. The Morgan fingerprint density at radius 3 is 2.04 bits per heavy atom. The lowest BCUT2D eigenvalue weighted by atomic mass is 9.97. The molecule has 1 N–H and O–H groups in total. The third-order valence-electron chi connectivity index (χ3n) is 4.62. The number of benzene rings is 2. The first-order valence-corrected chi connectivity index (χ1v) is 9.99. The molecule has 0 heterocycles. The molecular weight excluding hydrogens is 318 g/mol. The van der Waals surface area contributed by atoms with E-state index in [2.05, 4.69) is 76.3 Å². The summed E-state index contributed by atoms with van der Waals surface area (Å²) in [6.45, 7) is 13.0. The average molecular weight is 354 g/mol. The topological polar surface area (TPSA) is 21.3 Å². The summed E-state index contributed by atoms with van der Waals surface area (Å²) in [5, 5.41) is 3.54. The maximum absolute atomic E-state index is 5.78. The van der Waals surface area contributed by atoms with Crippen LogP contribution in [0.3, 0.4) is 0 Å². The second-order valence-electron chi connectivity index (χ2n) is 8.18. The van der Waals surface area contributed by atoms with Gasteiger partial charge in [0.05, 0.1) is 6.61 Å². The first-order chi connectivity index (χ1) is 12.4. The van der Waals surface area contributed by atoms with Gasteiger partial charge in [0.15, 0.2) is 0 Å². The molecule has 0 aliphatic heterocycles. The molecule has 0 amide bonds. The van der Waals surface area contributed by atoms with Crippen molar-refractivity contribution in [2.45, 2.75) is 53.4 Å². The molecule has 0 aromatic heterocycles. The minimum absolute atomic E-state index is 0.477. The number of rotatable bonds is 10. The smallest absolute Gasteiger partial charge is 0.119 e. The van der Waals surface area contributed by atoms with Crippen LogP contribution in [0.15, 0.2) is 48.5 Å². The molecule has 1 unspecified atom stereocenters. The number of hydrogen-bond acceptors (Lipinski definition) is 2. The molecule has 142 valence electrons. The van der Waals surface area contributed by atoms with Crippen molar-refractivity contribution >= 4 is 5.69 Å². The Kier molecular flexibility index (Phi) is 8.03. The number of anilines is 1. The van der Waals surface area contributed by atoms with Gasteiger partial charge in [0.1, 0.15) is 5.75 Å². The Hall–Kier alpha value is -1.96. The minimum atomic E-state index is 0.477. The van der Waals surface area contributed by atoms with Crippen molar-refractivity contribution in [3.05, 3.63) is 59.7 Å². The Labute approximate surface area is 160 Å². The predicted molar refractivity (Wildman–Crippen MR) is 113 cm³/mol. The van der Waals surface area contributed by atoms with E-state index in [4.69, 9.17) is 4.74 Å². The first-order valence-electron chi connectivity index (χ1n) is 9.99. The molecule has 2 rings (SSSR count). The van der Waals surface area contributed by atoms with Crippen molar-refractivity contribution in [3.63, 3.8) is 0 Å². The summed E-state index contributed by atoms with van der Waals surface area (Å²) in [4.78, 5) is 0. The molecule has 0 fully saturated rings. The predicted octanol–water partition coefficient (Wildman–Crippen LogP) is 6.53. The summed E-state index contributed by atoms with van der Waals surface area (Å²) in [5.41, 5.74) is 3.96. The van der Waals surface area contributed by atoms with E-state index in [1.807, 2.05) is 12.1 Å². The van der Waals surface area contributed by atoms with Crippen molar-refractivity contribution < 1.29 is 4.74 Å². The van der Waals surface area contributed by atoms with Crippen molar-refractivity contribution in [2.75, 3.05) is 18.5 Å². The van der Waals surface area contributed by atoms with Crippen LogP contribution in [0.5, 0.6) is 5.75 Å². The third-order valence-corrected chi connectivity index (χ3v) is 4.62. The SMILES string of the molecule is CC(C)CCOc1ccc(NCC(C)c2ccc(CC(C)C)cc2)cc1. The van der Waals surface area contributed by atoms with E-state index in [9.17, 15) is 0 Å². The lowest BCUT2D eigenvalue weighted by molar-refractivity contribution is 0.289.